The zero-order chi connectivity index (χ0) is 16.4. The van der Waals surface area contributed by atoms with E-state index in [1.165, 1.54) is 0 Å². The molecule has 120 valence electrons. The van der Waals surface area contributed by atoms with E-state index in [2.05, 4.69) is 16.2 Å². The molecule has 0 saturated heterocycles. The second-order valence-corrected chi connectivity index (χ2v) is 5.49. The van der Waals surface area contributed by atoms with E-state index in [0.717, 1.165) is 23.7 Å². The lowest BCUT2D eigenvalue weighted by Gasteiger charge is -2.09. The smallest absolute Gasteiger partial charge is 0.327 e. The molecule has 0 unspecified atom stereocenters. The van der Waals surface area contributed by atoms with Crippen molar-refractivity contribution in [2.24, 2.45) is 0 Å². The molecule has 1 aromatic carbocycles. The van der Waals surface area contributed by atoms with Crippen LogP contribution in [0, 0.1) is 0 Å². The van der Waals surface area contributed by atoms with Crippen molar-refractivity contribution in [2.45, 2.75) is 32.4 Å². The van der Waals surface area contributed by atoms with Crippen LogP contribution in [0.3, 0.4) is 0 Å². The van der Waals surface area contributed by atoms with E-state index >= 15 is 0 Å². The number of carbonyl (C=O) groups is 3. The van der Waals surface area contributed by atoms with Crippen molar-refractivity contribution in [3.8, 4) is 0 Å². The number of rotatable bonds is 3. The minimum Gasteiger partial charge on any atom is -0.345 e. The summed E-state index contributed by atoms with van der Waals surface area (Å²) < 4.78 is 1.85. The molecule has 3 amide bonds. The maximum Gasteiger partial charge on any atom is 0.327 e. The fourth-order valence-corrected chi connectivity index (χ4v) is 2.45. The van der Waals surface area contributed by atoms with Crippen molar-refractivity contribution in [3.05, 3.63) is 36.0 Å². The van der Waals surface area contributed by atoms with Crippen LogP contribution in [0.2, 0.25) is 0 Å². The number of nitrogens with one attached hydrogen (secondary N) is 3. The van der Waals surface area contributed by atoms with Gasteiger partial charge in [0.1, 0.15) is 5.69 Å². The molecule has 1 aliphatic rings. The van der Waals surface area contributed by atoms with Gasteiger partial charge in [0.05, 0.1) is 0 Å². The minimum absolute atomic E-state index is 0.0894. The van der Waals surface area contributed by atoms with Gasteiger partial charge >= 0.3 is 11.8 Å². The number of hydrogen-bond donors (Lipinski definition) is 3. The Kier molecular flexibility index (Phi) is 4.01. The maximum absolute atomic E-state index is 12.3. The standard InChI is InChI=1S/C16H18N4O3/c1-2-20-12-6-4-3-5-10(12)9-13(20)14(21)18-19-16(23)15(22)17-11-7-8-11/h3-6,9,11H,2,7-8H2,1H3,(H,17,22)(H,18,21)(H,19,23). The van der Waals surface area contributed by atoms with Gasteiger partial charge in [-0.15, -0.1) is 0 Å². The van der Waals surface area contributed by atoms with Gasteiger partial charge in [-0.1, -0.05) is 18.2 Å². The summed E-state index contributed by atoms with van der Waals surface area (Å²) in [5, 5.41) is 3.50. The molecule has 0 spiro atoms. The largest absolute Gasteiger partial charge is 0.345 e. The van der Waals surface area contributed by atoms with E-state index in [1.807, 2.05) is 35.8 Å². The zero-order valence-corrected chi connectivity index (χ0v) is 12.8. The van der Waals surface area contributed by atoms with Crippen LogP contribution in [-0.2, 0) is 16.1 Å². The third-order valence-electron chi connectivity index (χ3n) is 3.77. The maximum atomic E-state index is 12.3. The summed E-state index contributed by atoms with van der Waals surface area (Å²) in [5.74, 6) is -2.07. The molecule has 3 rings (SSSR count). The van der Waals surface area contributed by atoms with Crippen LogP contribution in [0.25, 0.3) is 10.9 Å². The van der Waals surface area contributed by atoms with Crippen molar-refractivity contribution in [3.63, 3.8) is 0 Å². The summed E-state index contributed by atoms with van der Waals surface area (Å²) in [6, 6.07) is 9.49. The number of para-hydroxylation sites is 1. The molecule has 0 atom stereocenters. The summed E-state index contributed by atoms with van der Waals surface area (Å²) in [4.78, 5) is 35.4. The molecule has 7 heteroatoms. The Labute approximate surface area is 133 Å². The SMILES string of the molecule is CCn1c(C(=O)NNC(=O)C(=O)NC2CC2)cc2ccccc21. The van der Waals surface area contributed by atoms with E-state index in [4.69, 9.17) is 0 Å². The second-order valence-electron chi connectivity index (χ2n) is 5.49. The molecule has 0 bridgehead atoms. The molecule has 1 aromatic heterocycles. The van der Waals surface area contributed by atoms with Crippen LogP contribution in [0.4, 0.5) is 0 Å². The van der Waals surface area contributed by atoms with Gasteiger partial charge in [-0.05, 0) is 31.9 Å². The van der Waals surface area contributed by atoms with E-state index < -0.39 is 17.7 Å². The van der Waals surface area contributed by atoms with Crippen molar-refractivity contribution in [2.75, 3.05) is 0 Å². The van der Waals surface area contributed by atoms with Gasteiger partial charge in [-0.25, -0.2) is 0 Å². The topological polar surface area (TPSA) is 92.2 Å². The predicted octanol–water partition coefficient (Wildman–Crippen LogP) is 0.701. The zero-order valence-electron chi connectivity index (χ0n) is 12.8. The van der Waals surface area contributed by atoms with Gasteiger partial charge < -0.3 is 9.88 Å². The van der Waals surface area contributed by atoms with Gasteiger partial charge in [0, 0.05) is 23.5 Å². The molecule has 0 aliphatic heterocycles. The molecule has 3 N–H and O–H groups in total. The van der Waals surface area contributed by atoms with Crippen LogP contribution >= 0.6 is 0 Å². The fraction of sp³-hybridized carbons (Fsp3) is 0.312. The Morgan fingerprint density at radius 1 is 1.13 bits per heavy atom. The van der Waals surface area contributed by atoms with Crippen molar-refractivity contribution < 1.29 is 14.4 Å². The number of hydrazine groups is 1. The molecule has 1 aliphatic carbocycles. The van der Waals surface area contributed by atoms with E-state index in [0.29, 0.717) is 12.2 Å². The number of carbonyl (C=O) groups excluding carboxylic acids is 3. The molecule has 1 fully saturated rings. The van der Waals surface area contributed by atoms with Crippen LogP contribution in [0.1, 0.15) is 30.3 Å². The third kappa shape index (κ3) is 3.18. The van der Waals surface area contributed by atoms with Crippen molar-refractivity contribution in [1.82, 2.24) is 20.7 Å². The number of aryl methyl sites for hydroxylation is 1. The van der Waals surface area contributed by atoms with E-state index in [-0.39, 0.29) is 6.04 Å². The van der Waals surface area contributed by atoms with Crippen LogP contribution in [-0.4, -0.2) is 28.3 Å². The fourth-order valence-electron chi connectivity index (χ4n) is 2.45. The summed E-state index contributed by atoms with van der Waals surface area (Å²) in [6.45, 7) is 2.55. The lowest BCUT2D eigenvalue weighted by molar-refractivity contribution is -0.139. The van der Waals surface area contributed by atoms with Gasteiger partial charge in [0.25, 0.3) is 5.91 Å². The number of fused-ring (bicyclic) bond motifs is 1. The van der Waals surface area contributed by atoms with Crippen molar-refractivity contribution >= 4 is 28.6 Å². The second kappa shape index (κ2) is 6.12. The summed E-state index contributed by atoms with van der Waals surface area (Å²) in [6.07, 6.45) is 1.78. The highest BCUT2D eigenvalue weighted by Gasteiger charge is 2.26. The first kappa shape index (κ1) is 15.1. The number of hydrogen-bond acceptors (Lipinski definition) is 3. The highest BCUT2D eigenvalue weighted by molar-refractivity contribution is 6.35. The van der Waals surface area contributed by atoms with Gasteiger partial charge in [-0.3, -0.25) is 25.2 Å². The molecule has 7 nitrogen and oxygen atoms in total. The molecule has 1 heterocycles. The number of nitrogens with zero attached hydrogens (tertiary/aromatic N) is 1. The van der Waals surface area contributed by atoms with Gasteiger partial charge in [-0.2, -0.15) is 0 Å². The van der Waals surface area contributed by atoms with Crippen LogP contribution in [0.15, 0.2) is 30.3 Å². The highest BCUT2D eigenvalue weighted by atomic mass is 16.2. The minimum atomic E-state index is -0.871. The first-order valence-electron chi connectivity index (χ1n) is 7.59. The number of aromatic nitrogens is 1. The first-order chi connectivity index (χ1) is 11.1. The molecule has 23 heavy (non-hydrogen) atoms. The predicted molar refractivity (Wildman–Crippen MR) is 84.4 cm³/mol. The van der Waals surface area contributed by atoms with E-state index in [9.17, 15) is 14.4 Å². The Hall–Kier alpha value is -2.83. The number of benzene rings is 1. The van der Waals surface area contributed by atoms with Gasteiger partial charge in [0.15, 0.2) is 0 Å². The molecule has 2 aromatic rings. The summed E-state index contributed by atoms with van der Waals surface area (Å²) in [7, 11) is 0. The Balaban J connectivity index is 1.68. The lowest BCUT2D eigenvalue weighted by Crippen LogP contribution is -2.49. The van der Waals surface area contributed by atoms with Crippen molar-refractivity contribution in [1.29, 1.82) is 0 Å². The van der Waals surface area contributed by atoms with E-state index in [1.54, 1.807) is 6.07 Å². The average molecular weight is 314 g/mol. The number of amides is 3. The molecular weight excluding hydrogens is 296 g/mol. The summed E-state index contributed by atoms with van der Waals surface area (Å²) >= 11 is 0. The summed E-state index contributed by atoms with van der Waals surface area (Å²) in [5.41, 5.74) is 5.80. The van der Waals surface area contributed by atoms with Crippen LogP contribution in [0.5, 0.6) is 0 Å². The highest BCUT2D eigenvalue weighted by Crippen LogP contribution is 2.19. The van der Waals surface area contributed by atoms with Gasteiger partial charge in [0.2, 0.25) is 0 Å². The Morgan fingerprint density at radius 2 is 1.87 bits per heavy atom. The quantitative estimate of drug-likeness (QED) is 0.575. The third-order valence-corrected chi connectivity index (χ3v) is 3.77. The Morgan fingerprint density at radius 3 is 2.57 bits per heavy atom. The Bertz CT molecular complexity index is 777. The normalized spacial score (nSPS) is 13.6. The molecular formula is C16H18N4O3. The molecule has 1 saturated carbocycles. The monoisotopic (exact) mass is 314 g/mol. The average Bonchev–Trinajstić information content (AvgIpc) is 3.29. The molecule has 0 radical (unpaired) electrons. The van der Waals surface area contributed by atoms with Crippen LogP contribution < -0.4 is 16.2 Å². The lowest BCUT2D eigenvalue weighted by atomic mass is 10.2. The first-order valence-corrected chi connectivity index (χ1v) is 7.59.